The Kier molecular flexibility index (Phi) is 6.87. The van der Waals surface area contributed by atoms with Crippen molar-refractivity contribution in [2.45, 2.75) is 20.8 Å². The highest BCUT2D eigenvalue weighted by Gasteiger charge is 2.30. The van der Waals surface area contributed by atoms with Gasteiger partial charge in [0.1, 0.15) is 11.4 Å². The number of anilines is 1. The lowest BCUT2D eigenvalue weighted by Crippen LogP contribution is -2.24. The quantitative estimate of drug-likeness (QED) is 0.320. The number of hydrogen-bond acceptors (Lipinski definition) is 5. The third-order valence-electron chi connectivity index (χ3n) is 4.60. The highest BCUT2D eigenvalue weighted by Crippen LogP contribution is 2.32. The summed E-state index contributed by atoms with van der Waals surface area (Å²) in [6.07, 6.45) is 0. The number of rotatable bonds is 8. The predicted octanol–water partition coefficient (Wildman–Crippen LogP) is 4.39. The first kappa shape index (κ1) is 21.8. The number of aryl methyl sites for hydroxylation is 1. The lowest BCUT2D eigenvalue weighted by molar-refractivity contribution is -0.112. The minimum absolute atomic E-state index is 0.0261. The van der Waals surface area contributed by atoms with Gasteiger partial charge in [0, 0.05) is 11.3 Å². The van der Waals surface area contributed by atoms with E-state index < -0.39 is 17.7 Å². The molecule has 2 N–H and O–H groups in total. The monoisotopic (exact) mass is 420 g/mol. The zero-order valence-electron chi connectivity index (χ0n) is 17.7. The molecule has 0 saturated heterocycles. The molecule has 0 atom stereocenters. The number of hydrogen-bond donors (Lipinski definition) is 2. The predicted molar refractivity (Wildman–Crippen MR) is 117 cm³/mol. The third kappa shape index (κ3) is 4.66. The van der Waals surface area contributed by atoms with Crippen molar-refractivity contribution < 1.29 is 23.9 Å². The molecular weight excluding hydrogens is 396 g/mol. The summed E-state index contributed by atoms with van der Waals surface area (Å²) in [5, 5.41) is 2.61. The normalized spacial score (nSPS) is 10.4. The number of para-hydroxylation sites is 2. The molecule has 0 saturated carbocycles. The summed E-state index contributed by atoms with van der Waals surface area (Å²) in [6.45, 7) is 5.80. The Labute approximate surface area is 180 Å². The number of ketones is 1. The average molecular weight is 420 g/mol. The van der Waals surface area contributed by atoms with E-state index in [9.17, 15) is 14.4 Å². The van der Waals surface area contributed by atoms with Crippen LogP contribution < -0.4 is 10.1 Å². The Morgan fingerprint density at radius 1 is 0.935 bits per heavy atom. The molecule has 0 bridgehead atoms. The number of nitrogens with one attached hydrogen (secondary N) is 2. The van der Waals surface area contributed by atoms with Gasteiger partial charge in [-0.25, -0.2) is 4.79 Å². The van der Waals surface area contributed by atoms with Gasteiger partial charge in [-0.05, 0) is 38.5 Å². The van der Waals surface area contributed by atoms with E-state index in [4.69, 9.17) is 9.47 Å². The minimum Gasteiger partial charge on any atom is -0.492 e. The molecule has 2 aromatic carbocycles. The molecule has 1 amide bonds. The number of Topliss-reactive ketones (excluding diaryl/α,β-unsaturated/α-hetero) is 1. The van der Waals surface area contributed by atoms with Crippen molar-refractivity contribution in [3.63, 3.8) is 0 Å². The molecule has 0 fully saturated rings. The summed E-state index contributed by atoms with van der Waals surface area (Å²) in [5.41, 5.74) is 2.06. The highest BCUT2D eigenvalue weighted by molar-refractivity contribution is 6.47. The van der Waals surface area contributed by atoms with Crippen LogP contribution in [0.3, 0.4) is 0 Å². The Morgan fingerprint density at radius 2 is 1.61 bits per heavy atom. The minimum atomic E-state index is -0.846. The van der Waals surface area contributed by atoms with E-state index in [1.807, 2.05) is 13.0 Å². The van der Waals surface area contributed by atoms with Crippen LogP contribution in [0, 0.1) is 6.92 Å². The molecule has 160 valence electrons. The maximum Gasteiger partial charge on any atom is 0.340 e. The Balaban J connectivity index is 2.02. The van der Waals surface area contributed by atoms with Gasteiger partial charge in [0.2, 0.25) is 0 Å². The second kappa shape index (κ2) is 9.75. The Morgan fingerprint density at radius 3 is 2.29 bits per heavy atom. The van der Waals surface area contributed by atoms with Crippen LogP contribution in [0.25, 0.3) is 11.1 Å². The number of aromatic amines is 1. The number of ether oxygens (including phenoxy) is 2. The molecule has 0 aliphatic rings. The van der Waals surface area contributed by atoms with Crippen LogP contribution in [0.15, 0.2) is 54.6 Å². The molecule has 1 heterocycles. The number of amides is 1. The standard InChI is InChI=1S/C24H24N2O5/c1-4-30-18-14-10-9-13-17(18)26-23(28)22(27)21-20(16-11-7-6-8-12-16)19(15(3)25-21)24(29)31-5-2/h6-14,25H,4-5H2,1-3H3,(H,26,28). The molecule has 31 heavy (non-hydrogen) atoms. The van der Waals surface area contributed by atoms with E-state index in [1.165, 1.54) is 0 Å². The van der Waals surface area contributed by atoms with Gasteiger partial charge in [0.15, 0.2) is 0 Å². The summed E-state index contributed by atoms with van der Waals surface area (Å²) in [4.78, 5) is 41.5. The van der Waals surface area contributed by atoms with E-state index in [-0.39, 0.29) is 17.9 Å². The molecule has 7 nitrogen and oxygen atoms in total. The molecule has 0 aliphatic heterocycles. The topological polar surface area (TPSA) is 97.5 Å². The van der Waals surface area contributed by atoms with E-state index in [0.717, 1.165) is 0 Å². The van der Waals surface area contributed by atoms with Crippen molar-refractivity contribution >= 4 is 23.3 Å². The molecule has 0 radical (unpaired) electrons. The Hall–Kier alpha value is -3.87. The third-order valence-corrected chi connectivity index (χ3v) is 4.60. The van der Waals surface area contributed by atoms with Crippen molar-refractivity contribution in [2.24, 2.45) is 0 Å². The fourth-order valence-corrected chi connectivity index (χ4v) is 3.29. The van der Waals surface area contributed by atoms with Gasteiger partial charge in [-0.3, -0.25) is 9.59 Å². The smallest absolute Gasteiger partial charge is 0.340 e. The zero-order valence-corrected chi connectivity index (χ0v) is 17.7. The fraction of sp³-hybridized carbons (Fsp3) is 0.208. The van der Waals surface area contributed by atoms with Gasteiger partial charge in [0.25, 0.3) is 11.7 Å². The van der Waals surface area contributed by atoms with Crippen LogP contribution in [-0.4, -0.2) is 35.9 Å². The van der Waals surface area contributed by atoms with Crippen molar-refractivity contribution in [3.8, 4) is 16.9 Å². The Bertz CT molecular complexity index is 1100. The van der Waals surface area contributed by atoms with Crippen LogP contribution in [0.4, 0.5) is 5.69 Å². The van der Waals surface area contributed by atoms with Crippen LogP contribution in [0.1, 0.15) is 40.4 Å². The fourth-order valence-electron chi connectivity index (χ4n) is 3.29. The number of carbonyl (C=O) groups is 3. The lowest BCUT2D eigenvalue weighted by Gasteiger charge is -2.11. The molecular formula is C24H24N2O5. The molecule has 1 aromatic heterocycles. The van der Waals surface area contributed by atoms with Crippen LogP contribution in [0.2, 0.25) is 0 Å². The molecule has 0 spiro atoms. The van der Waals surface area contributed by atoms with E-state index >= 15 is 0 Å². The van der Waals surface area contributed by atoms with Crippen molar-refractivity contribution in [1.82, 2.24) is 4.98 Å². The van der Waals surface area contributed by atoms with Crippen LogP contribution in [0.5, 0.6) is 5.75 Å². The van der Waals surface area contributed by atoms with Crippen LogP contribution in [-0.2, 0) is 9.53 Å². The van der Waals surface area contributed by atoms with Gasteiger partial charge in [-0.1, -0.05) is 42.5 Å². The first-order valence-corrected chi connectivity index (χ1v) is 10.0. The second-order valence-electron chi connectivity index (χ2n) is 6.67. The molecule has 3 rings (SSSR count). The summed E-state index contributed by atoms with van der Waals surface area (Å²) in [5.74, 6) is -1.75. The SMILES string of the molecule is CCOC(=O)c1c(C)[nH]c(C(=O)C(=O)Nc2ccccc2OCC)c1-c1ccccc1. The van der Waals surface area contributed by atoms with Crippen molar-refractivity contribution in [3.05, 3.63) is 71.5 Å². The first-order chi connectivity index (χ1) is 15.0. The van der Waals surface area contributed by atoms with Crippen molar-refractivity contribution in [1.29, 1.82) is 0 Å². The number of carbonyl (C=O) groups excluding carboxylic acids is 3. The summed E-state index contributed by atoms with van der Waals surface area (Å²) in [7, 11) is 0. The first-order valence-electron chi connectivity index (χ1n) is 10.0. The number of esters is 1. The van der Waals surface area contributed by atoms with Crippen LogP contribution >= 0.6 is 0 Å². The maximum atomic E-state index is 13.1. The van der Waals surface area contributed by atoms with Crippen molar-refractivity contribution in [2.75, 3.05) is 18.5 Å². The highest BCUT2D eigenvalue weighted by atomic mass is 16.5. The van der Waals surface area contributed by atoms with Gasteiger partial charge in [-0.2, -0.15) is 0 Å². The molecule has 7 heteroatoms. The van der Waals surface area contributed by atoms with Gasteiger partial charge < -0.3 is 19.8 Å². The van der Waals surface area contributed by atoms with Gasteiger partial charge in [-0.15, -0.1) is 0 Å². The second-order valence-corrected chi connectivity index (χ2v) is 6.67. The maximum absolute atomic E-state index is 13.1. The number of H-pyrrole nitrogens is 1. The lowest BCUT2D eigenvalue weighted by atomic mass is 9.98. The zero-order chi connectivity index (χ0) is 22.4. The largest absolute Gasteiger partial charge is 0.492 e. The van der Waals surface area contributed by atoms with E-state index in [2.05, 4.69) is 10.3 Å². The molecule has 0 unspecified atom stereocenters. The van der Waals surface area contributed by atoms with Gasteiger partial charge in [0.05, 0.1) is 24.5 Å². The van der Waals surface area contributed by atoms with E-state index in [0.29, 0.717) is 34.9 Å². The molecule has 3 aromatic rings. The summed E-state index contributed by atoms with van der Waals surface area (Å²) < 4.78 is 10.7. The molecule has 0 aliphatic carbocycles. The van der Waals surface area contributed by atoms with E-state index in [1.54, 1.807) is 62.4 Å². The number of aromatic nitrogens is 1. The summed E-state index contributed by atoms with van der Waals surface area (Å²) >= 11 is 0. The van der Waals surface area contributed by atoms with Gasteiger partial charge >= 0.3 is 5.97 Å². The average Bonchev–Trinajstić information content (AvgIpc) is 3.12. The number of benzene rings is 2. The summed E-state index contributed by atoms with van der Waals surface area (Å²) in [6, 6.07) is 15.8.